The van der Waals surface area contributed by atoms with Gasteiger partial charge < -0.3 is 24.6 Å². The fourth-order valence-electron chi connectivity index (χ4n) is 1.86. The molecule has 0 amide bonds. The molecule has 0 saturated heterocycles. The summed E-state index contributed by atoms with van der Waals surface area (Å²) < 4.78 is 40.2. The largest absolute Gasteiger partial charge is 0.493 e. The van der Waals surface area contributed by atoms with E-state index in [1.807, 2.05) is 0 Å². The van der Waals surface area contributed by atoms with Crippen LogP contribution in [0.1, 0.15) is 18.5 Å². The average Bonchev–Trinajstić information content (AvgIpc) is 2.50. The number of nitrogens with one attached hydrogen (secondary N) is 1. The van der Waals surface area contributed by atoms with Crippen molar-refractivity contribution in [2.24, 2.45) is 0 Å². The Bertz CT molecular complexity index is 432. The normalized spacial score (nSPS) is 13.9. The third kappa shape index (κ3) is 4.44. The fourth-order valence-corrected chi connectivity index (χ4v) is 1.86. The molecule has 1 aromatic rings. The zero-order chi connectivity index (χ0) is 16.0. The first-order chi connectivity index (χ1) is 9.94. The van der Waals surface area contributed by atoms with Gasteiger partial charge in [0.1, 0.15) is 6.10 Å². The van der Waals surface area contributed by atoms with Gasteiger partial charge in [0.05, 0.1) is 21.3 Å². The van der Waals surface area contributed by atoms with Gasteiger partial charge in [-0.25, -0.2) is 8.78 Å². The summed E-state index contributed by atoms with van der Waals surface area (Å²) in [5.41, 5.74) is 0.769. The Morgan fingerprint density at radius 1 is 1.10 bits per heavy atom. The lowest BCUT2D eigenvalue weighted by atomic mass is 10.1. The Hall–Kier alpha value is -1.60. The van der Waals surface area contributed by atoms with Crippen LogP contribution in [0.2, 0.25) is 0 Å². The minimum absolute atomic E-state index is 0.213. The lowest BCUT2D eigenvalue weighted by Crippen LogP contribution is -2.33. The molecule has 0 spiro atoms. The number of methoxy groups -OCH3 is 3. The van der Waals surface area contributed by atoms with Gasteiger partial charge in [0.25, 0.3) is 6.43 Å². The third-order valence-corrected chi connectivity index (χ3v) is 3.11. The molecule has 0 heterocycles. The number of halogens is 2. The van der Waals surface area contributed by atoms with E-state index in [0.717, 1.165) is 5.56 Å². The van der Waals surface area contributed by atoms with Crippen molar-refractivity contribution in [3.8, 4) is 17.2 Å². The van der Waals surface area contributed by atoms with Crippen LogP contribution >= 0.6 is 0 Å². The molecule has 1 rings (SSSR count). The first kappa shape index (κ1) is 17.5. The molecule has 120 valence electrons. The minimum Gasteiger partial charge on any atom is -0.493 e. The number of ether oxygens (including phenoxy) is 3. The Morgan fingerprint density at radius 3 is 2.00 bits per heavy atom. The zero-order valence-corrected chi connectivity index (χ0v) is 12.5. The van der Waals surface area contributed by atoms with Crippen molar-refractivity contribution in [1.29, 1.82) is 0 Å². The Kier molecular flexibility index (Phi) is 6.64. The Balaban J connectivity index is 2.91. The standard InChI is InChI=1S/C14H21F2NO4/c1-8(17-7-10(18)14(15)16)9-5-11(19-2)13(21-4)12(6-9)20-3/h5-6,8,10,14,17-18H,7H2,1-4H3. The third-order valence-electron chi connectivity index (χ3n) is 3.11. The van der Waals surface area contributed by atoms with Gasteiger partial charge in [0, 0.05) is 12.6 Å². The molecule has 0 aromatic heterocycles. The summed E-state index contributed by atoms with van der Waals surface area (Å²) in [6.07, 6.45) is -4.47. The minimum atomic E-state index is -2.77. The molecule has 0 saturated carbocycles. The summed E-state index contributed by atoms with van der Waals surface area (Å²) >= 11 is 0. The molecule has 0 radical (unpaired) electrons. The van der Waals surface area contributed by atoms with Crippen molar-refractivity contribution in [3.63, 3.8) is 0 Å². The van der Waals surface area contributed by atoms with E-state index in [4.69, 9.17) is 19.3 Å². The lowest BCUT2D eigenvalue weighted by Gasteiger charge is -2.20. The van der Waals surface area contributed by atoms with Gasteiger partial charge in [0.2, 0.25) is 5.75 Å². The van der Waals surface area contributed by atoms with Gasteiger partial charge in [-0.2, -0.15) is 0 Å². The Labute approximate surface area is 122 Å². The van der Waals surface area contributed by atoms with Gasteiger partial charge in [-0.1, -0.05) is 0 Å². The van der Waals surface area contributed by atoms with Gasteiger partial charge >= 0.3 is 0 Å². The van der Waals surface area contributed by atoms with Crippen LogP contribution in [0.5, 0.6) is 17.2 Å². The predicted molar refractivity (Wildman–Crippen MR) is 74.5 cm³/mol. The first-order valence-corrected chi connectivity index (χ1v) is 6.44. The quantitative estimate of drug-likeness (QED) is 0.769. The van der Waals surface area contributed by atoms with Crippen LogP contribution in [-0.2, 0) is 0 Å². The highest BCUT2D eigenvalue weighted by molar-refractivity contribution is 5.54. The van der Waals surface area contributed by atoms with Crippen molar-refractivity contribution >= 4 is 0 Å². The van der Waals surface area contributed by atoms with E-state index in [9.17, 15) is 8.78 Å². The zero-order valence-electron chi connectivity index (χ0n) is 12.5. The summed E-state index contributed by atoms with van der Waals surface area (Å²) in [6.45, 7) is 1.58. The number of aliphatic hydroxyl groups excluding tert-OH is 1. The average molecular weight is 305 g/mol. The molecule has 0 bridgehead atoms. The van der Waals surface area contributed by atoms with E-state index in [1.165, 1.54) is 21.3 Å². The summed E-state index contributed by atoms with van der Waals surface area (Å²) in [5, 5.41) is 12.0. The number of alkyl halides is 2. The smallest absolute Gasteiger partial charge is 0.265 e. The summed E-state index contributed by atoms with van der Waals surface area (Å²) in [7, 11) is 4.50. The summed E-state index contributed by atoms with van der Waals surface area (Å²) in [5.74, 6) is 1.42. The maximum absolute atomic E-state index is 12.3. The molecule has 2 atom stereocenters. The molecular formula is C14H21F2NO4. The van der Waals surface area contributed by atoms with Crippen molar-refractivity contribution in [2.75, 3.05) is 27.9 Å². The maximum Gasteiger partial charge on any atom is 0.265 e. The van der Waals surface area contributed by atoms with E-state index < -0.39 is 12.5 Å². The van der Waals surface area contributed by atoms with E-state index in [2.05, 4.69) is 5.32 Å². The number of aliphatic hydroxyl groups is 1. The van der Waals surface area contributed by atoms with E-state index >= 15 is 0 Å². The van der Waals surface area contributed by atoms with Gasteiger partial charge in [-0.15, -0.1) is 0 Å². The van der Waals surface area contributed by atoms with Crippen molar-refractivity contribution < 1.29 is 28.1 Å². The van der Waals surface area contributed by atoms with Crippen LogP contribution in [0, 0.1) is 0 Å². The highest BCUT2D eigenvalue weighted by Gasteiger charge is 2.19. The summed E-state index contributed by atoms with van der Waals surface area (Å²) in [6, 6.07) is 3.19. The molecule has 0 aliphatic carbocycles. The number of benzene rings is 1. The second kappa shape index (κ2) is 7.99. The van der Waals surface area contributed by atoms with Crippen LogP contribution in [-0.4, -0.2) is 45.5 Å². The molecule has 2 N–H and O–H groups in total. The highest BCUT2D eigenvalue weighted by atomic mass is 19.3. The molecular weight excluding hydrogens is 284 g/mol. The lowest BCUT2D eigenvalue weighted by molar-refractivity contribution is -0.00439. The molecule has 0 aliphatic rings. The van der Waals surface area contributed by atoms with Crippen molar-refractivity contribution in [2.45, 2.75) is 25.5 Å². The highest BCUT2D eigenvalue weighted by Crippen LogP contribution is 2.39. The Morgan fingerprint density at radius 2 is 1.62 bits per heavy atom. The number of hydrogen-bond acceptors (Lipinski definition) is 5. The molecule has 1 aromatic carbocycles. The van der Waals surface area contributed by atoms with Crippen LogP contribution < -0.4 is 19.5 Å². The SMILES string of the molecule is COc1cc(C(C)NCC(O)C(F)F)cc(OC)c1OC. The monoisotopic (exact) mass is 305 g/mol. The number of rotatable bonds is 8. The van der Waals surface area contributed by atoms with Gasteiger partial charge in [-0.3, -0.25) is 0 Å². The van der Waals surface area contributed by atoms with Crippen LogP contribution in [0.3, 0.4) is 0 Å². The van der Waals surface area contributed by atoms with E-state index in [1.54, 1.807) is 19.1 Å². The van der Waals surface area contributed by atoms with Crippen LogP contribution in [0.15, 0.2) is 12.1 Å². The molecule has 0 fully saturated rings. The number of hydrogen-bond donors (Lipinski definition) is 2. The maximum atomic E-state index is 12.3. The molecule has 21 heavy (non-hydrogen) atoms. The fraction of sp³-hybridized carbons (Fsp3) is 0.571. The second-order valence-corrected chi connectivity index (χ2v) is 4.49. The van der Waals surface area contributed by atoms with E-state index in [0.29, 0.717) is 17.2 Å². The molecule has 5 nitrogen and oxygen atoms in total. The molecule has 7 heteroatoms. The molecule has 0 aliphatic heterocycles. The second-order valence-electron chi connectivity index (χ2n) is 4.49. The first-order valence-electron chi connectivity index (χ1n) is 6.44. The van der Waals surface area contributed by atoms with Crippen LogP contribution in [0.25, 0.3) is 0 Å². The van der Waals surface area contributed by atoms with Gasteiger partial charge in [-0.05, 0) is 24.6 Å². The van der Waals surface area contributed by atoms with Crippen LogP contribution in [0.4, 0.5) is 8.78 Å². The van der Waals surface area contributed by atoms with Crippen molar-refractivity contribution in [3.05, 3.63) is 17.7 Å². The molecule has 2 unspecified atom stereocenters. The predicted octanol–water partition coefficient (Wildman–Crippen LogP) is 1.99. The van der Waals surface area contributed by atoms with E-state index in [-0.39, 0.29) is 12.6 Å². The summed E-state index contributed by atoms with van der Waals surface area (Å²) in [4.78, 5) is 0. The van der Waals surface area contributed by atoms with Crippen molar-refractivity contribution in [1.82, 2.24) is 5.32 Å². The van der Waals surface area contributed by atoms with Gasteiger partial charge in [0.15, 0.2) is 11.5 Å². The topological polar surface area (TPSA) is 60.0 Å².